The van der Waals surface area contributed by atoms with Crippen molar-refractivity contribution in [2.75, 3.05) is 6.54 Å². The monoisotopic (exact) mass is 237 g/mol. The van der Waals surface area contributed by atoms with Crippen molar-refractivity contribution in [1.29, 1.82) is 0 Å². The number of rotatable bonds is 5. The van der Waals surface area contributed by atoms with Crippen molar-refractivity contribution in [2.45, 2.75) is 57.9 Å². The largest absolute Gasteiger partial charge is 0.371 e. The summed E-state index contributed by atoms with van der Waals surface area (Å²) in [5.74, 6) is 0. The summed E-state index contributed by atoms with van der Waals surface area (Å²) in [6.45, 7) is 8.43. The Bertz CT molecular complexity index is 334. The molecule has 2 atom stereocenters. The highest BCUT2D eigenvalue weighted by molar-refractivity contribution is 4.83. The van der Waals surface area contributed by atoms with E-state index in [-0.39, 0.29) is 5.60 Å². The average molecular weight is 237 g/mol. The normalized spacial score (nSPS) is 25.0. The van der Waals surface area contributed by atoms with Crippen LogP contribution < -0.4 is 5.32 Å². The molecule has 2 rings (SSSR count). The molecule has 96 valence electrons. The molecule has 2 unspecified atom stereocenters. The van der Waals surface area contributed by atoms with Gasteiger partial charge in [-0.1, -0.05) is 0 Å². The van der Waals surface area contributed by atoms with E-state index in [0.717, 1.165) is 25.9 Å². The fourth-order valence-corrected chi connectivity index (χ4v) is 2.33. The third kappa shape index (κ3) is 3.82. The summed E-state index contributed by atoms with van der Waals surface area (Å²) in [5, 5.41) is 3.53. The van der Waals surface area contributed by atoms with Crippen LogP contribution in [0.3, 0.4) is 0 Å². The molecule has 1 aliphatic rings. The predicted molar refractivity (Wildman–Crippen MR) is 67.9 cm³/mol. The van der Waals surface area contributed by atoms with Crippen LogP contribution in [0, 0.1) is 0 Å². The van der Waals surface area contributed by atoms with E-state index in [0.29, 0.717) is 12.1 Å². The number of ether oxygens (including phenoxy) is 1. The predicted octanol–water partition coefficient (Wildman–Crippen LogP) is 1.82. The third-order valence-corrected chi connectivity index (χ3v) is 3.29. The molecule has 0 aliphatic carbocycles. The zero-order valence-corrected chi connectivity index (χ0v) is 11.0. The Balaban J connectivity index is 1.68. The van der Waals surface area contributed by atoms with Gasteiger partial charge in [-0.05, 0) is 33.6 Å². The molecule has 0 amide bonds. The topological polar surface area (TPSA) is 39.1 Å². The fraction of sp³-hybridized carbons (Fsp3) is 0.769. The van der Waals surface area contributed by atoms with Crippen LogP contribution in [-0.4, -0.2) is 33.8 Å². The van der Waals surface area contributed by atoms with Gasteiger partial charge in [-0.15, -0.1) is 0 Å². The van der Waals surface area contributed by atoms with Gasteiger partial charge >= 0.3 is 0 Å². The first-order valence-electron chi connectivity index (χ1n) is 6.42. The molecule has 1 saturated heterocycles. The van der Waals surface area contributed by atoms with E-state index in [1.165, 1.54) is 0 Å². The van der Waals surface area contributed by atoms with Gasteiger partial charge in [-0.25, -0.2) is 4.98 Å². The van der Waals surface area contributed by atoms with Crippen LogP contribution in [0.25, 0.3) is 0 Å². The Morgan fingerprint density at radius 3 is 3.00 bits per heavy atom. The van der Waals surface area contributed by atoms with Crippen LogP contribution in [0.2, 0.25) is 0 Å². The van der Waals surface area contributed by atoms with Crippen LogP contribution in [-0.2, 0) is 11.3 Å². The Labute approximate surface area is 103 Å². The standard InChI is InChI=1S/C13H23N3O/c1-11(9-16-7-6-14-10-16)15-8-12-4-5-13(2,3)17-12/h6-7,10-12,15H,4-5,8-9H2,1-3H3. The lowest BCUT2D eigenvalue weighted by atomic mass is 10.1. The second kappa shape index (κ2) is 5.19. The molecule has 0 saturated carbocycles. The van der Waals surface area contributed by atoms with Crippen molar-refractivity contribution in [3.8, 4) is 0 Å². The molecule has 1 aromatic rings. The Morgan fingerprint density at radius 2 is 2.41 bits per heavy atom. The minimum absolute atomic E-state index is 0.0694. The van der Waals surface area contributed by atoms with E-state index in [1.807, 2.05) is 18.7 Å². The minimum Gasteiger partial charge on any atom is -0.371 e. The summed E-state index contributed by atoms with van der Waals surface area (Å²) < 4.78 is 8.05. The molecule has 4 nitrogen and oxygen atoms in total. The van der Waals surface area contributed by atoms with E-state index in [2.05, 4.69) is 35.6 Å². The smallest absolute Gasteiger partial charge is 0.0946 e. The van der Waals surface area contributed by atoms with Gasteiger partial charge in [0, 0.05) is 31.5 Å². The summed E-state index contributed by atoms with van der Waals surface area (Å²) in [6, 6.07) is 0.441. The van der Waals surface area contributed by atoms with Gasteiger partial charge in [-0.2, -0.15) is 0 Å². The minimum atomic E-state index is 0.0694. The Kier molecular flexibility index (Phi) is 3.84. The maximum atomic E-state index is 5.95. The van der Waals surface area contributed by atoms with Crippen molar-refractivity contribution in [3.63, 3.8) is 0 Å². The molecule has 1 aromatic heterocycles. The zero-order chi connectivity index (χ0) is 12.3. The molecule has 2 heterocycles. The van der Waals surface area contributed by atoms with Crippen LogP contribution >= 0.6 is 0 Å². The fourth-order valence-electron chi connectivity index (χ4n) is 2.33. The summed E-state index contributed by atoms with van der Waals surface area (Å²) in [4.78, 5) is 4.04. The van der Waals surface area contributed by atoms with Gasteiger partial charge in [0.1, 0.15) is 0 Å². The van der Waals surface area contributed by atoms with E-state index in [4.69, 9.17) is 4.74 Å². The lowest BCUT2D eigenvalue weighted by molar-refractivity contribution is -0.0151. The van der Waals surface area contributed by atoms with E-state index < -0.39 is 0 Å². The summed E-state index contributed by atoms with van der Waals surface area (Å²) in [5.41, 5.74) is 0.0694. The van der Waals surface area contributed by atoms with Crippen LogP contribution in [0.15, 0.2) is 18.7 Å². The molecule has 1 fully saturated rings. The van der Waals surface area contributed by atoms with Crippen molar-refractivity contribution in [3.05, 3.63) is 18.7 Å². The van der Waals surface area contributed by atoms with Crippen molar-refractivity contribution in [1.82, 2.24) is 14.9 Å². The van der Waals surface area contributed by atoms with Gasteiger partial charge in [0.05, 0.1) is 18.0 Å². The molecule has 1 aliphatic heterocycles. The second-order valence-electron chi connectivity index (χ2n) is 5.61. The summed E-state index contributed by atoms with van der Waals surface area (Å²) in [6.07, 6.45) is 8.36. The molecule has 1 N–H and O–H groups in total. The average Bonchev–Trinajstić information content (AvgIpc) is 2.85. The molecule has 17 heavy (non-hydrogen) atoms. The third-order valence-electron chi connectivity index (χ3n) is 3.29. The molecule has 4 heteroatoms. The van der Waals surface area contributed by atoms with Crippen molar-refractivity contribution in [2.24, 2.45) is 0 Å². The molecule has 0 spiro atoms. The van der Waals surface area contributed by atoms with E-state index in [9.17, 15) is 0 Å². The van der Waals surface area contributed by atoms with Crippen LogP contribution in [0.5, 0.6) is 0 Å². The summed E-state index contributed by atoms with van der Waals surface area (Å²) >= 11 is 0. The quantitative estimate of drug-likeness (QED) is 0.849. The molecular weight excluding hydrogens is 214 g/mol. The first kappa shape index (κ1) is 12.6. The van der Waals surface area contributed by atoms with Gasteiger partial charge in [-0.3, -0.25) is 0 Å². The number of aromatic nitrogens is 2. The lowest BCUT2D eigenvalue weighted by Gasteiger charge is -2.21. The maximum Gasteiger partial charge on any atom is 0.0946 e. The zero-order valence-electron chi connectivity index (χ0n) is 11.0. The SMILES string of the molecule is CC(Cn1ccnc1)NCC1CCC(C)(C)O1. The molecule has 0 bridgehead atoms. The first-order chi connectivity index (χ1) is 8.05. The van der Waals surface area contributed by atoms with Crippen molar-refractivity contribution < 1.29 is 4.74 Å². The molecular formula is C13H23N3O. The van der Waals surface area contributed by atoms with Gasteiger partial charge in [0.2, 0.25) is 0 Å². The number of hydrogen-bond donors (Lipinski definition) is 1. The Morgan fingerprint density at radius 1 is 1.59 bits per heavy atom. The molecule has 0 radical (unpaired) electrons. The maximum absolute atomic E-state index is 5.95. The van der Waals surface area contributed by atoms with E-state index in [1.54, 1.807) is 0 Å². The van der Waals surface area contributed by atoms with Crippen LogP contribution in [0.1, 0.15) is 33.6 Å². The highest BCUT2D eigenvalue weighted by Crippen LogP contribution is 2.28. The highest BCUT2D eigenvalue weighted by Gasteiger charge is 2.31. The Hall–Kier alpha value is -0.870. The number of nitrogens with zero attached hydrogens (tertiary/aromatic N) is 2. The highest BCUT2D eigenvalue weighted by atomic mass is 16.5. The van der Waals surface area contributed by atoms with Gasteiger partial charge < -0.3 is 14.6 Å². The van der Waals surface area contributed by atoms with E-state index >= 15 is 0 Å². The number of hydrogen-bond acceptors (Lipinski definition) is 3. The van der Waals surface area contributed by atoms with Gasteiger partial charge in [0.15, 0.2) is 0 Å². The number of imidazole rings is 1. The van der Waals surface area contributed by atoms with Crippen molar-refractivity contribution >= 4 is 0 Å². The lowest BCUT2D eigenvalue weighted by Crippen LogP contribution is -2.37. The van der Waals surface area contributed by atoms with Crippen LogP contribution in [0.4, 0.5) is 0 Å². The summed E-state index contributed by atoms with van der Waals surface area (Å²) in [7, 11) is 0. The second-order valence-corrected chi connectivity index (χ2v) is 5.61. The molecule has 0 aromatic carbocycles. The number of nitrogens with one attached hydrogen (secondary N) is 1. The first-order valence-corrected chi connectivity index (χ1v) is 6.42. The van der Waals surface area contributed by atoms with Gasteiger partial charge in [0.25, 0.3) is 0 Å².